The summed E-state index contributed by atoms with van der Waals surface area (Å²) in [7, 11) is 0. The van der Waals surface area contributed by atoms with Gasteiger partial charge in [0.15, 0.2) is 0 Å². The minimum atomic E-state index is -4.44. The van der Waals surface area contributed by atoms with Gasteiger partial charge in [-0.3, -0.25) is 0 Å². The van der Waals surface area contributed by atoms with Gasteiger partial charge < -0.3 is 10.0 Å². The second-order valence-electron chi connectivity index (χ2n) is 4.62. The van der Waals surface area contributed by atoms with Crippen LogP contribution in [0.15, 0.2) is 0 Å². The molecule has 17 heavy (non-hydrogen) atoms. The van der Waals surface area contributed by atoms with E-state index in [1.165, 1.54) is 0 Å². The lowest BCUT2D eigenvalue weighted by atomic mass is 9.89. The average molecular weight is 265 g/mol. The molecule has 0 spiro atoms. The third kappa shape index (κ3) is 1.89. The van der Waals surface area contributed by atoms with Crippen molar-refractivity contribution in [1.82, 2.24) is 10.2 Å². The first-order chi connectivity index (χ1) is 7.88. The van der Waals surface area contributed by atoms with E-state index < -0.39 is 16.8 Å². The van der Waals surface area contributed by atoms with Crippen molar-refractivity contribution in [2.45, 2.75) is 24.6 Å². The first-order valence-electron chi connectivity index (χ1n) is 5.26. The molecular weight excluding hydrogens is 255 g/mol. The molecular formula is C9H10F3N3OS. The number of aromatic nitrogens is 2. The fourth-order valence-corrected chi connectivity index (χ4v) is 2.80. The molecule has 0 radical (unpaired) electrons. The summed E-state index contributed by atoms with van der Waals surface area (Å²) in [5, 5.41) is 16.0. The summed E-state index contributed by atoms with van der Waals surface area (Å²) < 4.78 is 37.0. The van der Waals surface area contributed by atoms with Gasteiger partial charge >= 0.3 is 6.18 Å². The van der Waals surface area contributed by atoms with Gasteiger partial charge in [-0.1, -0.05) is 11.3 Å². The lowest BCUT2D eigenvalue weighted by Gasteiger charge is -2.46. The lowest BCUT2D eigenvalue weighted by molar-refractivity contribution is -0.138. The molecule has 2 heterocycles. The Bertz CT molecular complexity index is 437. The summed E-state index contributed by atoms with van der Waals surface area (Å²) >= 11 is 0.524. The van der Waals surface area contributed by atoms with Gasteiger partial charge in [-0.2, -0.15) is 13.2 Å². The molecule has 1 aliphatic heterocycles. The molecule has 1 saturated heterocycles. The van der Waals surface area contributed by atoms with E-state index in [1.54, 1.807) is 4.90 Å². The Morgan fingerprint density at radius 3 is 2.41 bits per heavy atom. The number of β-amino-alcohol motifs (C(OH)–C–C–N with tert-alkyl or cyclic N) is 1. The zero-order chi connectivity index (χ0) is 12.3. The average Bonchev–Trinajstić information content (AvgIpc) is 2.90. The van der Waals surface area contributed by atoms with E-state index in [0.29, 0.717) is 30.3 Å². The van der Waals surface area contributed by atoms with Crippen LogP contribution in [0.4, 0.5) is 18.3 Å². The Balaban J connectivity index is 1.69. The smallest absolute Gasteiger partial charge is 0.386 e. The highest BCUT2D eigenvalue weighted by atomic mass is 32.1. The molecule has 1 aliphatic carbocycles. The maximum absolute atomic E-state index is 12.3. The van der Waals surface area contributed by atoms with E-state index >= 15 is 0 Å². The van der Waals surface area contributed by atoms with Gasteiger partial charge in [0, 0.05) is 0 Å². The molecule has 8 heteroatoms. The highest BCUT2D eigenvalue weighted by molar-refractivity contribution is 7.15. The van der Waals surface area contributed by atoms with Crippen molar-refractivity contribution in [2.24, 2.45) is 5.92 Å². The molecule has 1 saturated carbocycles. The van der Waals surface area contributed by atoms with Crippen LogP contribution in [0.2, 0.25) is 0 Å². The number of hydrogen-bond acceptors (Lipinski definition) is 5. The van der Waals surface area contributed by atoms with Gasteiger partial charge in [0.25, 0.3) is 0 Å². The summed E-state index contributed by atoms with van der Waals surface area (Å²) in [6.07, 6.45) is -2.42. The predicted molar refractivity (Wildman–Crippen MR) is 54.8 cm³/mol. The maximum Gasteiger partial charge on any atom is 0.445 e. The normalized spacial score (nSPS) is 23.6. The third-order valence-corrected chi connectivity index (χ3v) is 4.22. The van der Waals surface area contributed by atoms with E-state index in [0.717, 1.165) is 12.8 Å². The molecule has 1 aromatic heterocycles. The zero-order valence-corrected chi connectivity index (χ0v) is 9.55. The summed E-state index contributed by atoms with van der Waals surface area (Å²) in [4.78, 5) is 1.64. The van der Waals surface area contributed by atoms with Crippen molar-refractivity contribution in [3.8, 4) is 0 Å². The molecule has 0 aromatic carbocycles. The molecule has 94 valence electrons. The second kappa shape index (κ2) is 3.32. The topological polar surface area (TPSA) is 49.2 Å². The van der Waals surface area contributed by atoms with Crippen LogP contribution in [0.25, 0.3) is 0 Å². The summed E-state index contributed by atoms with van der Waals surface area (Å²) in [5.41, 5.74) is -0.718. The number of alkyl halides is 3. The highest BCUT2D eigenvalue weighted by Gasteiger charge is 2.53. The van der Waals surface area contributed by atoms with Crippen LogP contribution < -0.4 is 4.90 Å². The Labute approximate surface area is 99.1 Å². The third-order valence-electron chi connectivity index (χ3n) is 3.19. The van der Waals surface area contributed by atoms with Crippen molar-refractivity contribution >= 4 is 16.5 Å². The van der Waals surface area contributed by atoms with E-state index in [1.807, 2.05) is 0 Å². The second-order valence-corrected chi connectivity index (χ2v) is 5.58. The molecule has 1 N–H and O–H groups in total. The number of nitrogens with zero attached hydrogens (tertiary/aromatic N) is 3. The number of halogens is 3. The fourth-order valence-electron chi connectivity index (χ4n) is 2.09. The van der Waals surface area contributed by atoms with Crippen LogP contribution in [0.1, 0.15) is 17.8 Å². The van der Waals surface area contributed by atoms with Gasteiger partial charge in [0.2, 0.25) is 10.1 Å². The Hall–Kier alpha value is -0.890. The van der Waals surface area contributed by atoms with Crippen LogP contribution in [0.5, 0.6) is 0 Å². The minimum Gasteiger partial charge on any atom is -0.386 e. The molecule has 0 atom stereocenters. The van der Waals surface area contributed by atoms with Crippen LogP contribution in [-0.2, 0) is 6.18 Å². The van der Waals surface area contributed by atoms with Crippen molar-refractivity contribution in [3.63, 3.8) is 0 Å². The van der Waals surface area contributed by atoms with E-state index in [9.17, 15) is 18.3 Å². The zero-order valence-electron chi connectivity index (χ0n) is 8.74. The quantitative estimate of drug-likeness (QED) is 0.880. The molecule has 4 nitrogen and oxygen atoms in total. The Morgan fingerprint density at radius 2 is 1.94 bits per heavy atom. The largest absolute Gasteiger partial charge is 0.445 e. The van der Waals surface area contributed by atoms with Crippen LogP contribution in [-0.4, -0.2) is 34.0 Å². The lowest BCUT2D eigenvalue weighted by Crippen LogP contribution is -2.63. The summed E-state index contributed by atoms with van der Waals surface area (Å²) in [6, 6.07) is 0. The number of rotatable bonds is 2. The SMILES string of the molecule is OC1(C2CC2)CN(c2nnc(C(F)(F)F)s2)C1. The van der Waals surface area contributed by atoms with Crippen molar-refractivity contribution in [2.75, 3.05) is 18.0 Å². The van der Waals surface area contributed by atoms with Crippen molar-refractivity contribution < 1.29 is 18.3 Å². The van der Waals surface area contributed by atoms with Crippen LogP contribution in [0.3, 0.4) is 0 Å². The standard InChI is InChI=1S/C9H10F3N3OS/c10-9(11,12)6-13-14-7(17-6)15-3-8(16,4-15)5-1-2-5/h5,16H,1-4H2. The number of anilines is 1. The maximum atomic E-state index is 12.3. The molecule has 0 amide bonds. The molecule has 3 rings (SSSR count). The summed E-state index contributed by atoms with van der Waals surface area (Å²) in [5.74, 6) is 0.314. The number of hydrogen-bond donors (Lipinski definition) is 1. The van der Waals surface area contributed by atoms with Crippen LogP contribution in [0, 0.1) is 5.92 Å². The Morgan fingerprint density at radius 1 is 1.29 bits per heavy atom. The fraction of sp³-hybridized carbons (Fsp3) is 0.778. The van der Waals surface area contributed by atoms with Gasteiger partial charge in [-0.15, -0.1) is 10.2 Å². The van der Waals surface area contributed by atoms with Crippen molar-refractivity contribution in [3.05, 3.63) is 5.01 Å². The van der Waals surface area contributed by atoms with Gasteiger partial charge in [-0.05, 0) is 18.8 Å². The molecule has 1 aromatic rings. The molecule has 0 bridgehead atoms. The van der Waals surface area contributed by atoms with Gasteiger partial charge in [0.05, 0.1) is 13.1 Å². The van der Waals surface area contributed by atoms with Gasteiger partial charge in [-0.25, -0.2) is 0 Å². The molecule has 0 unspecified atom stereocenters. The van der Waals surface area contributed by atoms with E-state index in [4.69, 9.17) is 0 Å². The first-order valence-corrected chi connectivity index (χ1v) is 6.08. The van der Waals surface area contributed by atoms with E-state index in [-0.39, 0.29) is 5.13 Å². The Kier molecular flexibility index (Phi) is 2.19. The number of aliphatic hydroxyl groups is 1. The van der Waals surface area contributed by atoms with Gasteiger partial charge in [0.1, 0.15) is 5.60 Å². The first kappa shape index (κ1) is 11.2. The van der Waals surface area contributed by atoms with Crippen LogP contribution >= 0.6 is 11.3 Å². The van der Waals surface area contributed by atoms with Crippen molar-refractivity contribution in [1.29, 1.82) is 0 Å². The monoisotopic (exact) mass is 265 g/mol. The molecule has 2 aliphatic rings. The van der Waals surface area contributed by atoms with E-state index in [2.05, 4.69) is 10.2 Å². The predicted octanol–water partition coefficient (Wildman–Crippen LogP) is 1.52. The minimum absolute atomic E-state index is 0.239. The molecule has 2 fully saturated rings. The highest BCUT2D eigenvalue weighted by Crippen LogP contribution is 2.46. The summed E-state index contributed by atoms with van der Waals surface area (Å²) in [6.45, 7) is 0.730.